The summed E-state index contributed by atoms with van der Waals surface area (Å²) in [5.41, 5.74) is 3.50. The number of para-hydroxylation sites is 2. The molecule has 12 nitrogen and oxygen atoms in total. The summed E-state index contributed by atoms with van der Waals surface area (Å²) < 4.78 is 5.07. The van der Waals surface area contributed by atoms with E-state index in [1.54, 1.807) is 53.4 Å². The summed E-state index contributed by atoms with van der Waals surface area (Å²) in [6.45, 7) is 3.88. The smallest absolute Gasteiger partial charge is 0.408 e. The van der Waals surface area contributed by atoms with Crippen LogP contribution in [0.15, 0.2) is 78.9 Å². The minimum absolute atomic E-state index is 0.0213. The van der Waals surface area contributed by atoms with Gasteiger partial charge >= 0.3 is 18.1 Å². The number of carbonyl (C=O) groups excluding carboxylic acids is 3. The molecule has 0 aliphatic carbocycles. The second-order valence-electron chi connectivity index (χ2n) is 10.2. The number of carboxylic acids is 1. The van der Waals surface area contributed by atoms with Gasteiger partial charge in [-0.2, -0.15) is 0 Å². The normalized spacial score (nSPS) is 11.5. The molecule has 4 aromatic rings. The third-order valence-electron chi connectivity index (χ3n) is 6.34. The van der Waals surface area contributed by atoms with Gasteiger partial charge in [-0.25, -0.2) is 19.4 Å². The molecule has 0 saturated carbocycles. The number of urea groups is 1. The van der Waals surface area contributed by atoms with Gasteiger partial charge in [0.05, 0.1) is 17.6 Å². The number of aliphatic carboxylic acids is 1. The van der Waals surface area contributed by atoms with Crippen molar-refractivity contribution < 1.29 is 29.0 Å². The van der Waals surface area contributed by atoms with Crippen molar-refractivity contribution in [3.63, 3.8) is 0 Å². The second kappa shape index (κ2) is 14.5. The Balaban J connectivity index is 1.33. The summed E-state index contributed by atoms with van der Waals surface area (Å²) >= 11 is 0. The summed E-state index contributed by atoms with van der Waals surface area (Å²) in [5, 5.41) is 17.2. The molecule has 1 unspecified atom stereocenters. The molecule has 1 aromatic heterocycles. The number of carboxylic acid groups (broad SMARTS) is 1. The van der Waals surface area contributed by atoms with E-state index in [0.29, 0.717) is 5.82 Å². The topological polar surface area (TPSA) is 166 Å². The predicted octanol–water partition coefficient (Wildman–Crippen LogP) is 3.79. The zero-order chi connectivity index (χ0) is 30.8. The molecule has 5 N–H and O–H groups in total. The Kier molecular flexibility index (Phi) is 10.3. The van der Waals surface area contributed by atoms with E-state index in [9.17, 15) is 24.3 Å². The van der Waals surface area contributed by atoms with Gasteiger partial charge in [-0.3, -0.25) is 4.79 Å². The molecule has 0 aliphatic heterocycles. The number of benzene rings is 3. The molecule has 0 spiro atoms. The number of fused-ring (bicyclic) bond motifs is 1. The largest absolute Gasteiger partial charge is 0.480 e. The van der Waals surface area contributed by atoms with E-state index in [4.69, 9.17) is 4.74 Å². The fourth-order valence-corrected chi connectivity index (χ4v) is 4.18. The first kappa shape index (κ1) is 30.6. The first-order chi connectivity index (χ1) is 20.7. The third kappa shape index (κ3) is 9.05. The maximum atomic E-state index is 13.0. The number of amides is 4. The van der Waals surface area contributed by atoms with Crippen molar-refractivity contribution in [3.8, 4) is 0 Å². The van der Waals surface area contributed by atoms with Crippen LogP contribution in [0.2, 0.25) is 0 Å². The molecule has 3 aromatic carbocycles. The highest BCUT2D eigenvalue weighted by Gasteiger charge is 2.22. The van der Waals surface area contributed by atoms with Crippen LogP contribution in [0.4, 0.5) is 9.59 Å². The Morgan fingerprint density at radius 1 is 0.884 bits per heavy atom. The minimum atomic E-state index is -1.39. The molecule has 1 atom stereocenters. The van der Waals surface area contributed by atoms with E-state index < -0.39 is 24.0 Å². The number of alkyl carbamates (subject to hydrolysis) is 1. The molecule has 4 rings (SSSR count). The highest BCUT2D eigenvalue weighted by Crippen LogP contribution is 2.15. The van der Waals surface area contributed by atoms with Crippen LogP contribution < -0.4 is 16.0 Å². The van der Waals surface area contributed by atoms with Crippen LogP contribution in [0.1, 0.15) is 41.2 Å². The molecule has 0 saturated heterocycles. The molecule has 0 bridgehead atoms. The van der Waals surface area contributed by atoms with E-state index in [2.05, 4.69) is 25.9 Å². The Labute approximate surface area is 248 Å². The average Bonchev–Trinajstić information content (AvgIpc) is 3.40. The standard InChI is InChI=1S/C31H34N6O6/c1-20(2)33-30(41)37(18-27-34-24-10-6-7-11-25(24)35-27)17-21-12-14-23(15-13-21)28(38)32-16-26(29(39)40)36-31(42)43-19-22-8-4-3-5-9-22/h3-15,20,26H,16-19H2,1-2H3,(H,32,38)(H,33,41)(H,34,35)(H,36,42)(H,39,40). The molecular formula is C31H34N6O6. The number of H-pyrrole nitrogens is 1. The molecule has 43 heavy (non-hydrogen) atoms. The fraction of sp³-hybridized carbons (Fsp3) is 0.258. The molecule has 0 aliphatic rings. The van der Waals surface area contributed by atoms with Gasteiger partial charge in [-0.15, -0.1) is 0 Å². The van der Waals surface area contributed by atoms with Crippen LogP contribution in [0.5, 0.6) is 0 Å². The molecular weight excluding hydrogens is 552 g/mol. The zero-order valence-corrected chi connectivity index (χ0v) is 23.9. The van der Waals surface area contributed by atoms with E-state index in [0.717, 1.165) is 22.2 Å². The summed E-state index contributed by atoms with van der Waals surface area (Å²) in [4.78, 5) is 58.9. The monoisotopic (exact) mass is 586 g/mol. The van der Waals surface area contributed by atoms with Crippen molar-refractivity contribution in [1.82, 2.24) is 30.8 Å². The lowest BCUT2D eigenvalue weighted by atomic mass is 10.1. The van der Waals surface area contributed by atoms with Gasteiger partial charge in [0.15, 0.2) is 0 Å². The molecule has 0 radical (unpaired) electrons. The lowest BCUT2D eigenvalue weighted by Crippen LogP contribution is -2.48. The highest BCUT2D eigenvalue weighted by atomic mass is 16.5. The van der Waals surface area contributed by atoms with Crippen LogP contribution in [-0.4, -0.2) is 62.6 Å². The maximum absolute atomic E-state index is 13.0. The van der Waals surface area contributed by atoms with Crippen molar-refractivity contribution >= 4 is 35.0 Å². The first-order valence-electron chi connectivity index (χ1n) is 13.7. The Bertz CT molecular complexity index is 1520. The Morgan fingerprint density at radius 2 is 1.58 bits per heavy atom. The predicted molar refractivity (Wildman–Crippen MR) is 159 cm³/mol. The number of ether oxygens (including phenoxy) is 1. The SMILES string of the molecule is CC(C)NC(=O)N(Cc1ccc(C(=O)NCC(NC(=O)OCc2ccccc2)C(=O)O)cc1)Cc1nc2ccccc2[nH]1. The number of hydrogen-bond acceptors (Lipinski definition) is 6. The minimum Gasteiger partial charge on any atom is -0.480 e. The van der Waals surface area contributed by atoms with Gasteiger partial charge in [-0.1, -0.05) is 54.6 Å². The van der Waals surface area contributed by atoms with Crippen molar-refractivity contribution in [1.29, 1.82) is 0 Å². The summed E-state index contributed by atoms with van der Waals surface area (Å²) in [7, 11) is 0. The lowest BCUT2D eigenvalue weighted by Gasteiger charge is -2.23. The number of nitrogens with zero attached hydrogens (tertiary/aromatic N) is 2. The molecule has 12 heteroatoms. The van der Waals surface area contributed by atoms with Crippen molar-refractivity contribution in [2.24, 2.45) is 0 Å². The first-order valence-corrected chi connectivity index (χ1v) is 13.7. The van der Waals surface area contributed by atoms with Crippen LogP contribution >= 0.6 is 0 Å². The number of imidazole rings is 1. The molecule has 224 valence electrons. The van der Waals surface area contributed by atoms with Crippen LogP contribution in [0.25, 0.3) is 11.0 Å². The van der Waals surface area contributed by atoms with Gasteiger partial charge in [0.2, 0.25) is 0 Å². The number of aromatic nitrogens is 2. The third-order valence-corrected chi connectivity index (χ3v) is 6.34. The van der Waals surface area contributed by atoms with E-state index in [1.807, 2.05) is 44.2 Å². The summed E-state index contributed by atoms with van der Waals surface area (Å²) in [5.74, 6) is -1.20. The van der Waals surface area contributed by atoms with Crippen molar-refractivity contribution in [2.45, 2.75) is 45.6 Å². The van der Waals surface area contributed by atoms with E-state index in [1.165, 1.54) is 0 Å². The molecule has 0 fully saturated rings. The number of carbonyl (C=O) groups is 4. The van der Waals surface area contributed by atoms with Gasteiger partial charge in [0.1, 0.15) is 18.5 Å². The van der Waals surface area contributed by atoms with Crippen molar-refractivity contribution in [3.05, 3.63) is 101 Å². The quantitative estimate of drug-likeness (QED) is 0.168. The number of aromatic amines is 1. The highest BCUT2D eigenvalue weighted by molar-refractivity contribution is 5.94. The average molecular weight is 587 g/mol. The lowest BCUT2D eigenvalue weighted by molar-refractivity contribution is -0.139. The Hall–Kier alpha value is -5.39. The van der Waals surface area contributed by atoms with E-state index >= 15 is 0 Å². The van der Waals surface area contributed by atoms with Gasteiger partial charge in [0.25, 0.3) is 5.91 Å². The summed E-state index contributed by atoms with van der Waals surface area (Å²) in [6, 6.07) is 21.5. The zero-order valence-electron chi connectivity index (χ0n) is 23.9. The van der Waals surface area contributed by atoms with Gasteiger partial charge in [-0.05, 0) is 49.2 Å². The summed E-state index contributed by atoms with van der Waals surface area (Å²) in [6.07, 6.45) is -0.913. The number of rotatable bonds is 12. The van der Waals surface area contributed by atoms with E-state index in [-0.39, 0.29) is 43.9 Å². The van der Waals surface area contributed by atoms with Gasteiger partial charge < -0.3 is 35.7 Å². The molecule has 1 heterocycles. The molecule has 4 amide bonds. The number of nitrogens with one attached hydrogen (secondary N) is 4. The van der Waals surface area contributed by atoms with Crippen LogP contribution in [0.3, 0.4) is 0 Å². The van der Waals surface area contributed by atoms with Gasteiger partial charge in [0, 0.05) is 24.7 Å². The fourth-order valence-electron chi connectivity index (χ4n) is 4.18. The number of hydrogen-bond donors (Lipinski definition) is 5. The van der Waals surface area contributed by atoms with Crippen LogP contribution in [0, 0.1) is 0 Å². The second-order valence-corrected chi connectivity index (χ2v) is 10.2. The Morgan fingerprint density at radius 3 is 2.26 bits per heavy atom. The van der Waals surface area contributed by atoms with Crippen molar-refractivity contribution in [2.75, 3.05) is 6.54 Å². The maximum Gasteiger partial charge on any atom is 0.408 e. The van der Waals surface area contributed by atoms with Crippen LogP contribution in [-0.2, 0) is 29.2 Å².